The van der Waals surface area contributed by atoms with Gasteiger partial charge in [0.25, 0.3) is 0 Å². The maximum Gasteiger partial charge on any atom is 0.303 e. The second-order valence-electron chi connectivity index (χ2n) is 5.13. The van der Waals surface area contributed by atoms with E-state index in [9.17, 15) is 14.4 Å². The van der Waals surface area contributed by atoms with Crippen molar-refractivity contribution in [2.45, 2.75) is 40.0 Å². The summed E-state index contributed by atoms with van der Waals surface area (Å²) in [6.45, 7) is 6.10. The van der Waals surface area contributed by atoms with Crippen LogP contribution in [0.1, 0.15) is 40.0 Å². The van der Waals surface area contributed by atoms with Gasteiger partial charge in [0, 0.05) is 32.9 Å². The van der Waals surface area contributed by atoms with Crippen molar-refractivity contribution in [2.75, 3.05) is 13.1 Å². The lowest BCUT2D eigenvalue weighted by molar-refractivity contribution is -0.138. The molecule has 0 radical (unpaired) electrons. The minimum Gasteiger partial charge on any atom is -0.481 e. The summed E-state index contributed by atoms with van der Waals surface area (Å²) in [5, 5.41) is 14.1. The molecule has 2 amide bonds. The van der Waals surface area contributed by atoms with Crippen molar-refractivity contribution in [3.05, 3.63) is 0 Å². The average molecular weight is 272 g/mol. The molecule has 19 heavy (non-hydrogen) atoms. The lowest BCUT2D eigenvalue weighted by Crippen LogP contribution is -2.33. The van der Waals surface area contributed by atoms with Gasteiger partial charge in [-0.05, 0) is 18.3 Å². The molecule has 0 aliphatic carbocycles. The minimum absolute atomic E-state index is 0.0535. The minimum atomic E-state index is -0.849. The summed E-state index contributed by atoms with van der Waals surface area (Å²) < 4.78 is 0. The van der Waals surface area contributed by atoms with E-state index in [1.807, 2.05) is 13.8 Å². The number of aliphatic carboxylic acids is 1. The van der Waals surface area contributed by atoms with E-state index in [0.717, 1.165) is 6.42 Å². The molecule has 0 saturated carbocycles. The molecule has 0 bridgehead atoms. The van der Waals surface area contributed by atoms with E-state index in [2.05, 4.69) is 10.6 Å². The maximum absolute atomic E-state index is 11.5. The summed E-state index contributed by atoms with van der Waals surface area (Å²) in [6.07, 6.45) is 1.03. The highest BCUT2D eigenvalue weighted by Crippen LogP contribution is 2.14. The molecule has 0 rings (SSSR count). The van der Waals surface area contributed by atoms with Crippen LogP contribution in [-0.2, 0) is 14.4 Å². The van der Waals surface area contributed by atoms with Gasteiger partial charge in [-0.1, -0.05) is 13.8 Å². The van der Waals surface area contributed by atoms with Crippen molar-refractivity contribution in [1.82, 2.24) is 10.6 Å². The number of carboxylic acids is 1. The first kappa shape index (κ1) is 17.4. The number of rotatable bonds is 9. The van der Waals surface area contributed by atoms with Crippen molar-refractivity contribution in [1.29, 1.82) is 0 Å². The summed E-state index contributed by atoms with van der Waals surface area (Å²) in [7, 11) is 0. The van der Waals surface area contributed by atoms with Crippen molar-refractivity contribution < 1.29 is 19.5 Å². The highest BCUT2D eigenvalue weighted by atomic mass is 16.4. The Morgan fingerprint density at radius 1 is 1.16 bits per heavy atom. The molecule has 0 fully saturated rings. The molecule has 0 heterocycles. The van der Waals surface area contributed by atoms with Gasteiger partial charge in [-0.2, -0.15) is 0 Å². The number of carboxylic acid groups (broad SMARTS) is 1. The molecular formula is C13H24N2O4. The molecular weight excluding hydrogens is 248 g/mol. The van der Waals surface area contributed by atoms with Gasteiger partial charge < -0.3 is 15.7 Å². The van der Waals surface area contributed by atoms with E-state index in [-0.39, 0.29) is 30.6 Å². The topological polar surface area (TPSA) is 95.5 Å². The van der Waals surface area contributed by atoms with Crippen LogP contribution >= 0.6 is 0 Å². The molecule has 0 unspecified atom stereocenters. The highest BCUT2D eigenvalue weighted by molar-refractivity contribution is 5.77. The van der Waals surface area contributed by atoms with Crippen LogP contribution < -0.4 is 10.6 Å². The Kier molecular flexibility index (Phi) is 8.57. The fraction of sp³-hybridized carbons (Fsp3) is 0.769. The molecule has 0 aliphatic rings. The second-order valence-corrected chi connectivity index (χ2v) is 5.13. The van der Waals surface area contributed by atoms with Crippen molar-refractivity contribution in [3.63, 3.8) is 0 Å². The van der Waals surface area contributed by atoms with Crippen LogP contribution in [0.15, 0.2) is 0 Å². The van der Waals surface area contributed by atoms with Crippen molar-refractivity contribution in [3.8, 4) is 0 Å². The predicted octanol–water partition coefficient (Wildman–Crippen LogP) is 0.766. The first-order valence-corrected chi connectivity index (χ1v) is 6.54. The lowest BCUT2D eigenvalue weighted by Gasteiger charge is -2.17. The van der Waals surface area contributed by atoms with E-state index < -0.39 is 5.97 Å². The first-order chi connectivity index (χ1) is 8.81. The SMILES string of the molecule is CC(=O)NCCC(=O)NC[C@H](CC(=O)O)CC(C)C. The Hall–Kier alpha value is -1.59. The van der Waals surface area contributed by atoms with Gasteiger partial charge in [-0.3, -0.25) is 14.4 Å². The van der Waals surface area contributed by atoms with Crippen LogP contribution in [0.5, 0.6) is 0 Å². The van der Waals surface area contributed by atoms with Crippen LogP contribution in [0.4, 0.5) is 0 Å². The molecule has 0 aromatic heterocycles. The Bertz CT molecular complexity index is 316. The zero-order valence-electron chi connectivity index (χ0n) is 11.9. The molecule has 0 aliphatic heterocycles. The van der Waals surface area contributed by atoms with Crippen molar-refractivity contribution >= 4 is 17.8 Å². The fourth-order valence-electron chi connectivity index (χ4n) is 1.85. The van der Waals surface area contributed by atoms with E-state index in [1.54, 1.807) is 0 Å². The second kappa shape index (κ2) is 9.35. The molecule has 0 aromatic carbocycles. The van der Waals surface area contributed by atoms with Crippen LogP contribution in [0.2, 0.25) is 0 Å². The highest BCUT2D eigenvalue weighted by Gasteiger charge is 2.15. The average Bonchev–Trinajstić information content (AvgIpc) is 2.23. The predicted molar refractivity (Wildman–Crippen MR) is 71.5 cm³/mol. The van der Waals surface area contributed by atoms with Crippen LogP contribution in [0.3, 0.4) is 0 Å². The molecule has 0 saturated heterocycles. The number of nitrogens with one attached hydrogen (secondary N) is 2. The zero-order valence-corrected chi connectivity index (χ0v) is 11.9. The Morgan fingerprint density at radius 2 is 1.79 bits per heavy atom. The lowest BCUT2D eigenvalue weighted by atomic mass is 9.94. The van der Waals surface area contributed by atoms with Gasteiger partial charge >= 0.3 is 5.97 Å². The first-order valence-electron chi connectivity index (χ1n) is 6.54. The number of amides is 2. The Labute approximate surface area is 113 Å². The summed E-state index contributed by atoms with van der Waals surface area (Å²) in [4.78, 5) is 32.8. The van der Waals surface area contributed by atoms with Gasteiger partial charge in [0.05, 0.1) is 0 Å². The number of carbonyl (C=O) groups is 3. The zero-order chi connectivity index (χ0) is 14.8. The van der Waals surface area contributed by atoms with E-state index in [0.29, 0.717) is 19.0 Å². The number of carbonyl (C=O) groups excluding carboxylic acids is 2. The van der Waals surface area contributed by atoms with Gasteiger partial charge in [0.1, 0.15) is 0 Å². The molecule has 6 nitrogen and oxygen atoms in total. The maximum atomic E-state index is 11.5. The number of hydrogen-bond acceptors (Lipinski definition) is 3. The molecule has 6 heteroatoms. The monoisotopic (exact) mass is 272 g/mol. The third-order valence-electron chi connectivity index (χ3n) is 2.58. The van der Waals surface area contributed by atoms with E-state index in [1.165, 1.54) is 6.92 Å². The fourth-order valence-corrected chi connectivity index (χ4v) is 1.85. The third-order valence-corrected chi connectivity index (χ3v) is 2.58. The molecule has 110 valence electrons. The van der Waals surface area contributed by atoms with Crippen molar-refractivity contribution in [2.24, 2.45) is 11.8 Å². The van der Waals surface area contributed by atoms with Gasteiger partial charge in [-0.15, -0.1) is 0 Å². The van der Waals surface area contributed by atoms with Crippen LogP contribution in [0, 0.1) is 11.8 Å². The number of hydrogen-bond donors (Lipinski definition) is 3. The third kappa shape index (κ3) is 11.2. The van der Waals surface area contributed by atoms with Gasteiger partial charge in [0.2, 0.25) is 11.8 Å². The molecule has 0 aromatic rings. The molecule has 1 atom stereocenters. The van der Waals surface area contributed by atoms with Crippen LogP contribution in [0.25, 0.3) is 0 Å². The normalized spacial score (nSPS) is 12.0. The summed E-state index contributed by atoms with van der Waals surface area (Å²) in [5.74, 6) is -0.856. The standard InChI is InChI=1S/C13H24N2O4/c1-9(2)6-11(7-13(18)19)8-15-12(17)4-5-14-10(3)16/h9,11H,4-8H2,1-3H3,(H,14,16)(H,15,17)(H,18,19)/t11-/m0/s1. The van der Waals surface area contributed by atoms with Crippen LogP contribution in [-0.4, -0.2) is 36.0 Å². The summed E-state index contributed by atoms with van der Waals surface area (Å²) in [5.41, 5.74) is 0. The summed E-state index contributed by atoms with van der Waals surface area (Å²) in [6, 6.07) is 0. The smallest absolute Gasteiger partial charge is 0.303 e. The van der Waals surface area contributed by atoms with Gasteiger partial charge in [0.15, 0.2) is 0 Å². The van der Waals surface area contributed by atoms with E-state index >= 15 is 0 Å². The molecule has 0 spiro atoms. The summed E-state index contributed by atoms with van der Waals surface area (Å²) >= 11 is 0. The van der Waals surface area contributed by atoms with Gasteiger partial charge in [-0.25, -0.2) is 0 Å². The Morgan fingerprint density at radius 3 is 2.26 bits per heavy atom. The largest absolute Gasteiger partial charge is 0.481 e. The Balaban J connectivity index is 3.98. The molecule has 3 N–H and O–H groups in total. The van der Waals surface area contributed by atoms with E-state index in [4.69, 9.17) is 5.11 Å². The quantitative estimate of drug-likeness (QED) is 0.577.